The highest BCUT2D eigenvalue weighted by Crippen LogP contribution is 2.29. The van der Waals surface area contributed by atoms with Crippen molar-refractivity contribution in [1.82, 2.24) is 14.5 Å². The van der Waals surface area contributed by atoms with E-state index in [4.69, 9.17) is 4.74 Å². The molecule has 0 aliphatic carbocycles. The second-order valence-electron chi connectivity index (χ2n) is 7.49. The van der Waals surface area contributed by atoms with E-state index in [1.54, 1.807) is 19.2 Å². The topological polar surface area (TPSA) is 50.3 Å². The molecule has 0 spiro atoms. The number of H-pyrrole nitrogens is 1. The highest BCUT2D eigenvalue weighted by Gasteiger charge is 2.24. The van der Waals surface area contributed by atoms with Gasteiger partial charge in [-0.05, 0) is 36.4 Å². The number of hydrogen-bond acceptors (Lipinski definition) is 2. The van der Waals surface area contributed by atoms with Crippen molar-refractivity contribution in [1.29, 1.82) is 0 Å². The first-order valence-corrected chi connectivity index (χ1v) is 9.82. The molecule has 0 atom stereocenters. The number of hydrogen-bond donors (Lipinski definition) is 1. The number of ether oxygens (including phenoxy) is 1. The zero-order valence-electron chi connectivity index (χ0n) is 16.2. The maximum Gasteiger partial charge on any atom is 0.224 e. The van der Waals surface area contributed by atoms with Gasteiger partial charge in [-0.25, -0.2) is 4.39 Å². The van der Waals surface area contributed by atoms with E-state index in [1.807, 2.05) is 35.4 Å². The SMILES string of the molecule is COc1cccc2c1ccn2CCC(=O)N1CCc2[nH]c3ccc(F)cc3c2C1. The Morgan fingerprint density at radius 1 is 1.21 bits per heavy atom. The summed E-state index contributed by atoms with van der Waals surface area (Å²) in [6, 6.07) is 12.7. The number of methoxy groups -OCH3 is 1. The van der Waals surface area contributed by atoms with Crippen LogP contribution < -0.4 is 4.74 Å². The van der Waals surface area contributed by atoms with Crippen molar-refractivity contribution in [3.05, 3.63) is 65.7 Å². The van der Waals surface area contributed by atoms with Gasteiger partial charge in [-0.15, -0.1) is 0 Å². The van der Waals surface area contributed by atoms with E-state index in [-0.39, 0.29) is 11.7 Å². The van der Waals surface area contributed by atoms with Gasteiger partial charge >= 0.3 is 0 Å². The van der Waals surface area contributed by atoms with Crippen molar-refractivity contribution in [3.8, 4) is 5.75 Å². The summed E-state index contributed by atoms with van der Waals surface area (Å²) in [5.41, 5.74) is 4.14. The number of benzene rings is 2. The largest absolute Gasteiger partial charge is 0.496 e. The minimum atomic E-state index is -0.252. The van der Waals surface area contributed by atoms with Gasteiger partial charge in [0.05, 0.1) is 12.6 Å². The predicted molar refractivity (Wildman–Crippen MR) is 110 cm³/mol. The van der Waals surface area contributed by atoms with Crippen LogP contribution >= 0.6 is 0 Å². The van der Waals surface area contributed by atoms with E-state index < -0.39 is 0 Å². The van der Waals surface area contributed by atoms with E-state index >= 15 is 0 Å². The Hall–Kier alpha value is -3.28. The number of halogens is 1. The van der Waals surface area contributed by atoms with E-state index in [0.29, 0.717) is 26.1 Å². The molecular formula is C23H22FN3O2. The third-order valence-electron chi connectivity index (χ3n) is 5.85. The van der Waals surface area contributed by atoms with Crippen molar-refractivity contribution in [2.45, 2.75) is 25.9 Å². The molecule has 0 fully saturated rings. The molecule has 0 saturated heterocycles. The Kier molecular flexibility index (Phi) is 4.27. The lowest BCUT2D eigenvalue weighted by Gasteiger charge is -2.27. The molecular weight excluding hydrogens is 369 g/mol. The van der Waals surface area contributed by atoms with E-state index in [2.05, 4.69) is 9.55 Å². The Morgan fingerprint density at radius 3 is 2.97 bits per heavy atom. The number of nitrogens with one attached hydrogen (secondary N) is 1. The van der Waals surface area contributed by atoms with Crippen LogP contribution in [0.1, 0.15) is 17.7 Å². The molecule has 0 saturated carbocycles. The van der Waals surface area contributed by atoms with Gasteiger partial charge in [-0.2, -0.15) is 0 Å². The van der Waals surface area contributed by atoms with Crippen LogP contribution in [0.15, 0.2) is 48.7 Å². The average molecular weight is 391 g/mol. The zero-order valence-corrected chi connectivity index (χ0v) is 16.2. The summed E-state index contributed by atoms with van der Waals surface area (Å²) < 4.78 is 21.2. The van der Waals surface area contributed by atoms with Gasteiger partial charge in [0.15, 0.2) is 0 Å². The molecule has 4 aromatic rings. The number of aromatic amines is 1. The number of aromatic nitrogens is 2. The number of fused-ring (bicyclic) bond motifs is 4. The van der Waals surface area contributed by atoms with Gasteiger partial charge in [-0.1, -0.05) is 6.07 Å². The Bertz CT molecular complexity index is 1220. The Balaban J connectivity index is 1.32. The highest BCUT2D eigenvalue weighted by atomic mass is 19.1. The normalized spacial score (nSPS) is 13.8. The van der Waals surface area contributed by atoms with Crippen LogP contribution in [0.5, 0.6) is 5.75 Å². The van der Waals surface area contributed by atoms with Crippen LogP contribution in [0.2, 0.25) is 0 Å². The lowest BCUT2D eigenvalue weighted by molar-refractivity contribution is -0.132. The quantitative estimate of drug-likeness (QED) is 0.566. The van der Waals surface area contributed by atoms with Crippen molar-refractivity contribution in [2.24, 2.45) is 0 Å². The summed E-state index contributed by atoms with van der Waals surface area (Å²) in [7, 11) is 1.66. The summed E-state index contributed by atoms with van der Waals surface area (Å²) in [5.74, 6) is 0.700. The molecule has 2 aromatic carbocycles. The zero-order chi connectivity index (χ0) is 20.0. The molecule has 3 heterocycles. The summed E-state index contributed by atoms with van der Waals surface area (Å²) in [6.45, 7) is 1.82. The Labute approximate surface area is 167 Å². The fraction of sp³-hybridized carbons (Fsp3) is 0.261. The van der Waals surface area contributed by atoms with Crippen LogP contribution in [0.25, 0.3) is 21.8 Å². The van der Waals surface area contributed by atoms with Crippen molar-refractivity contribution < 1.29 is 13.9 Å². The molecule has 0 bridgehead atoms. The Morgan fingerprint density at radius 2 is 2.10 bits per heavy atom. The molecule has 1 aliphatic heterocycles. The first kappa shape index (κ1) is 17.8. The van der Waals surface area contributed by atoms with Crippen LogP contribution in [0, 0.1) is 5.82 Å². The van der Waals surface area contributed by atoms with Crippen molar-refractivity contribution in [2.75, 3.05) is 13.7 Å². The molecule has 6 heteroatoms. The molecule has 5 nitrogen and oxygen atoms in total. The van der Waals surface area contributed by atoms with E-state index in [1.165, 1.54) is 6.07 Å². The third kappa shape index (κ3) is 3.05. The van der Waals surface area contributed by atoms with Gasteiger partial charge < -0.3 is 19.2 Å². The molecule has 0 unspecified atom stereocenters. The van der Waals surface area contributed by atoms with Crippen LogP contribution in [0.3, 0.4) is 0 Å². The molecule has 1 N–H and O–H groups in total. The van der Waals surface area contributed by atoms with Crippen LogP contribution in [-0.2, 0) is 24.3 Å². The van der Waals surface area contributed by atoms with Crippen molar-refractivity contribution >= 4 is 27.7 Å². The summed E-state index contributed by atoms with van der Waals surface area (Å²) in [5, 5.41) is 1.92. The molecule has 29 heavy (non-hydrogen) atoms. The number of rotatable bonds is 4. The minimum absolute atomic E-state index is 0.117. The maximum absolute atomic E-state index is 13.7. The van der Waals surface area contributed by atoms with Gasteiger partial charge in [0.1, 0.15) is 11.6 Å². The average Bonchev–Trinajstić information content (AvgIpc) is 3.32. The molecule has 1 aliphatic rings. The van der Waals surface area contributed by atoms with Gasteiger partial charge in [0, 0.05) is 66.2 Å². The van der Waals surface area contributed by atoms with Crippen LogP contribution in [0.4, 0.5) is 4.39 Å². The number of aryl methyl sites for hydroxylation is 1. The first-order chi connectivity index (χ1) is 14.1. The number of carbonyl (C=O) groups excluding carboxylic acids is 1. The second kappa shape index (κ2) is 6.95. The standard InChI is InChI=1S/C23H22FN3O2/c1-29-22-4-2-3-21-16(22)7-10-26(21)12-9-23(28)27-11-8-20-18(14-27)17-13-15(24)5-6-19(17)25-20/h2-7,10,13,25H,8-9,11-12,14H2,1H3. The third-order valence-corrected chi connectivity index (χ3v) is 5.85. The second-order valence-corrected chi connectivity index (χ2v) is 7.49. The lowest BCUT2D eigenvalue weighted by Crippen LogP contribution is -2.36. The van der Waals surface area contributed by atoms with E-state index in [9.17, 15) is 9.18 Å². The molecule has 2 aromatic heterocycles. The fourth-order valence-corrected chi connectivity index (χ4v) is 4.34. The highest BCUT2D eigenvalue weighted by molar-refractivity contribution is 5.87. The number of nitrogens with zero attached hydrogens (tertiary/aromatic N) is 2. The van der Waals surface area contributed by atoms with Gasteiger partial charge in [0.2, 0.25) is 5.91 Å². The van der Waals surface area contributed by atoms with E-state index in [0.717, 1.165) is 45.2 Å². The number of carbonyl (C=O) groups is 1. The monoisotopic (exact) mass is 391 g/mol. The predicted octanol–water partition coefficient (Wildman–Crippen LogP) is 4.25. The molecule has 1 amide bonds. The maximum atomic E-state index is 13.7. The molecule has 148 valence electrons. The summed E-state index contributed by atoms with van der Waals surface area (Å²) >= 11 is 0. The van der Waals surface area contributed by atoms with Crippen LogP contribution in [-0.4, -0.2) is 34.0 Å². The van der Waals surface area contributed by atoms with Gasteiger partial charge in [0.25, 0.3) is 0 Å². The molecule has 0 radical (unpaired) electrons. The van der Waals surface area contributed by atoms with Gasteiger partial charge in [-0.3, -0.25) is 4.79 Å². The molecule has 5 rings (SSSR count). The smallest absolute Gasteiger partial charge is 0.224 e. The summed E-state index contributed by atoms with van der Waals surface area (Å²) in [6.07, 6.45) is 3.19. The lowest BCUT2D eigenvalue weighted by atomic mass is 10.0. The van der Waals surface area contributed by atoms with Crippen molar-refractivity contribution in [3.63, 3.8) is 0 Å². The number of amides is 1. The summed E-state index contributed by atoms with van der Waals surface area (Å²) in [4.78, 5) is 18.1. The fourth-order valence-electron chi connectivity index (χ4n) is 4.34. The minimum Gasteiger partial charge on any atom is -0.496 e. The first-order valence-electron chi connectivity index (χ1n) is 9.82.